The molecule has 0 unspecified atom stereocenters. The van der Waals surface area contributed by atoms with Crippen LogP contribution >= 0.6 is 11.6 Å². The second-order valence-corrected chi connectivity index (χ2v) is 4.50. The smallest absolute Gasteiger partial charge is 0.163 e. The van der Waals surface area contributed by atoms with Crippen LogP contribution < -0.4 is 4.74 Å². The molecule has 2 rings (SSSR count). The van der Waals surface area contributed by atoms with Crippen LogP contribution in [0.1, 0.15) is 22.8 Å². The van der Waals surface area contributed by atoms with Crippen molar-refractivity contribution in [2.45, 2.75) is 13.5 Å². The molecule has 0 saturated heterocycles. The zero-order chi connectivity index (χ0) is 13.8. The summed E-state index contributed by atoms with van der Waals surface area (Å²) in [4.78, 5) is 11.5. The molecule has 0 aliphatic rings. The standard InChI is InChI=1S/C15H12ClFO2/c1-10(18)13-3-2-4-14(16)15(13)19-9-11-5-7-12(17)8-6-11/h2-8H,9H2,1H3. The van der Waals surface area contributed by atoms with E-state index in [1.807, 2.05) is 0 Å². The van der Waals surface area contributed by atoms with E-state index in [-0.39, 0.29) is 18.2 Å². The number of ether oxygens (including phenoxy) is 1. The van der Waals surface area contributed by atoms with Gasteiger partial charge >= 0.3 is 0 Å². The first kappa shape index (κ1) is 13.6. The predicted molar refractivity (Wildman–Crippen MR) is 72.2 cm³/mol. The van der Waals surface area contributed by atoms with Gasteiger partial charge in [0.15, 0.2) is 5.78 Å². The van der Waals surface area contributed by atoms with Gasteiger partial charge in [-0.2, -0.15) is 0 Å². The Morgan fingerprint density at radius 2 is 1.89 bits per heavy atom. The Morgan fingerprint density at radius 1 is 1.21 bits per heavy atom. The van der Waals surface area contributed by atoms with Crippen LogP contribution in [0.15, 0.2) is 42.5 Å². The van der Waals surface area contributed by atoms with Crippen LogP contribution in [0.2, 0.25) is 5.02 Å². The Hall–Kier alpha value is -1.87. The number of benzene rings is 2. The van der Waals surface area contributed by atoms with E-state index in [9.17, 15) is 9.18 Å². The molecule has 4 heteroatoms. The lowest BCUT2D eigenvalue weighted by Crippen LogP contribution is -2.02. The average molecular weight is 279 g/mol. The Labute approximate surface area is 115 Å². The van der Waals surface area contributed by atoms with Crippen LogP contribution in [0.25, 0.3) is 0 Å². The molecule has 0 bridgehead atoms. The van der Waals surface area contributed by atoms with Crippen molar-refractivity contribution in [1.29, 1.82) is 0 Å². The van der Waals surface area contributed by atoms with Crippen LogP contribution in [0.4, 0.5) is 4.39 Å². The SMILES string of the molecule is CC(=O)c1cccc(Cl)c1OCc1ccc(F)cc1. The number of hydrogen-bond acceptors (Lipinski definition) is 2. The minimum atomic E-state index is -0.300. The lowest BCUT2D eigenvalue weighted by Gasteiger charge is -2.11. The zero-order valence-corrected chi connectivity index (χ0v) is 11.1. The summed E-state index contributed by atoms with van der Waals surface area (Å²) >= 11 is 6.03. The van der Waals surface area contributed by atoms with Gasteiger partial charge in [-0.25, -0.2) is 4.39 Å². The maximum absolute atomic E-state index is 12.8. The number of rotatable bonds is 4. The maximum atomic E-state index is 12.8. The molecule has 2 aromatic rings. The van der Waals surface area contributed by atoms with Gasteiger partial charge in [0.25, 0.3) is 0 Å². The van der Waals surface area contributed by atoms with Crippen molar-refractivity contribution >= 4 is 17.4 Å². The van der Waals surface area contributed by atoms with Crippen LogP contribution in [0.3, 0.4) is 0 Å². The van der Waals surface area contributed by atoms with Gasteiger partial charge in [0.2, 0.25) is 0 Å². The van der Waals surface area contributed by atoms with E-state index in [0.717, 1.165) is 5.56 Å². The third-order valence-corrected chi connectivity index (χ3v) is 2.94. The van der Waals surface area contributed by atoms with Crippen molar-refractivity contribution in [3.63, 3.8) is 0 Å². The summed E-state index contributed by atoms with van der Waals surface area (Å²) in [6, 6.07) is 11.0. The van der Waals surface area contributed by atoms with Gasteiger partial charge in [0, 0.05) is 0 Å². The molecule has 0 saturated carbocycles. The van der Waals surface area contributed by atoms with Gasteiger partial charge in [-0.3, -0.25) is 4.79 Å². The molecular weight excluding hydrogens is 267 g/mol. The number of Topliss-reactive ketones (excluding diaryl/α,β-unsaturated/α-hetero) is 1. The molecule has 0 atom stereocenters. The van der Waals surface area contributed by atoms with Crippen LogP contribution in [-0.4, -0.2) is 5.78 Å². The van der Waals surface area contributed by atoms with Gasteiger partial charge in [-0.05, 0) is 36.8 Å². The van der Waals surface area contributed by atoms with Crippen molar-refractivity contribution in [2.75, 3.05) is 0 Å². The first-order valence-electron chi connectivity index (χ1n) is 5.74. The monoisotopic (exact) mass is 278 g/mol. The molecule has 0 heterocycles. The molecule has 0 fully saturated rings. The normalized spacial score (nSPS) is 10.3. The van der Waals surface area contributed by atoms with E-state index in [4.69, 9.17) is 16.3 Å². The molecule has 0 aliphatic heterocycles. The van der Waals surface area contributed by atoms with Crippen molar-refractivity contribution in [3.8, 4) is 5.75 Å². The first-order chi connectivity index (χ1) is 9.08. The highest BCUT2D eigenvalue weighted by atomic mass is 35.5. The zero-order valence-electron chi connectivity index (χ0n) is 10.3. The summed E-state index contributed by atoms with van der Waals surface area (Å²) in [5, 5.41) is 0.384. The van der Waals surface area contributed by atoms with E-state index >= 15 is 0 Å². The van der Waals surface area contributed by atoms with E-state index in [1.165, 1.54) is 19.1 Å². The Balaban J connectivity index is 2.19. The number of halogens is 2. The highest BCUT2D eigenvalue weighted by Gasteiger charge is 2.12. The van der Waals surface area contributed by atoms with Gasteiger partial charge < -0.3 is 4.74 Å². The number of carbonyl (C=O) groups excluding carboxylic acids is 1. The maximum Gasteiger partial charge on any atom is 0.163 e. The van der Waals surface area contributed by atoms with Gasteiger partial charge in [-0.15, -0.1) is 0 Å². The Kier molecular flexibility index (Phi) is 4.17. The van der Waals surface area contributed by atoms with Gasteiger partial charge in [0.05, 0.1) is 10.6 Å². The van der Waals surface area contributed by atoms with E-state index in [2.05, 4.69) is 0 Å². The van der Waals surface area contributed by atoms with E-state index in [1.54, 1.807) is 30.3 Å². The molecule has 0 spiro atoms. The Bertz CT molecular complexity index is 594. The summed E-state index contributed by atoms with van der Waals surface area (Å²) in [6.07, 6.45) is 0. The number of ketones is 1. The number of hydrogen-bond donors (Lipinski definition) is 0. The molecule has 0 aliphatic carbocycles. The molecular formula is C15H12ClFO2. The van der Waals surface area contributed by atoms with Gasteiger partial charge in [-0.1, -0.05) is 29.8 Å². The quantitative estimate of drug-likeness (QED) is 0.781. The highest BCUT2D eigenvalue weighted by Crippen LogP contribution is 2.29. The molecule has 2 aromatic carbocycles. The molecule has 0 radical (unpaired) electrons. The second-order valence-electron chi connectivity index (χ2n) is 4.09. The second kappa shape index (κ2) is 5.85. The average Bonchev–Trinajstić information content (AvgIpc) is 2.39. The summed E-state index contributed by atoms with van der Waals surface area (Å²) in [5.74, 6) is -0.0523. The fourth-order valence-electron chi connectivity index (χ4n) is 1.67. The van der Waals surface area contributed by atoms with Gasteiger partial charge in [0.1, 0.15) is 18.2 Å². The highest BCUT2D eigenvalue weighted by molar-refractivity contribution is 6.32. The molecule has 0 aromatic heterocycles. The minimum absolute atomic E-state index is 0.114. The summed E-state index contributed by atoms with van der Waals surface area (Å²) in [5.41, 5.74) is 1.24. The van der Waals surface area contributed by atoms with E-state index in [0.29, 0.717) is 16.3 Å². The topological polar surface area (TPSA) is 26.3 Å². The molecule has 0 amide bonds. The van der Waals surface area contributed by atoms with Crippen LogP contribution in [-0.2, 0) is 6.61 Å². The largest absolute Gasteiger partial charge is 0.487 e. The molecule has 19 heavy (non-hydrogen) atoms. The number of carbonyl (C=O) groups is 1. The van der Waals surface area contributed by atoms with Crippen LogP contribution in [0.5, 0.6) is 5.75 Å². The van der Waals surface area contributed by atoms with Crippen LogP contribution in [0, 0.1) is 5.82 Å². The summed E-state index contributed by atoms with van der Waals surface area (Å²) < 4.78 is 18.4. The minimum Gasteiger partial charge on any atom is -0.487 e. The van der Waals surface area contributed by atoms with Crippen molar-refractivity contribution in [3.05, 3.63) is 64.4 Å². The molecule has 2 nitrogen and oxygen atoms in total. The van der Waals surface area contributed by atoms with Crippen molar-refractivity contribution < 1.29 is 13.9 Å². The molecule has 0 N–H and O–H groups in total. The predicted octanol–water partition coefficient (Wildman–Crippen LogP) is 4.26. The van der Waals surface area contributed by atoms with Crippen molar-refractivity contribution in [1.82, 2.24) is 0 Å². The lowest BCUT2D eigenvalue weighted by molar-refractivity contribution is 0.101. The van der Waals surface area contributed by atoms with Crippen molar-refractivity contribution in [2.24, 2.45) is 0 Å². The Morgan fingerprint density at radius 3 is 2.53 bits per heavy atom. The first-order valence-corrected chi connectivity index (χ1v) is 6.12. The summed E-state index contributed by atoms with van der Waals surface area (Å²) in [7, 11) is 0. The third-order valence-electron chi connectivity index (χ3n) is 2.64. The fourth-order valence-corrected chi connectivity index (χ4v) is 1.90. The summed E-state index contributed by atoms with van der Waals surface area (Å²) in [6.45, 7) is 1.68. The van der Waals surface area contributed by atoms with E-state index < -0.39 is 0 Å². The molecule has 98 valence electrons. The third kappa shape index (κ3) is 3.32. The fraction of sp³-hybridized carbons (Fsp3) is 0.133. The lowest BCUT2D eigenvalue weighted by atomic mass is 10.1. The number of para-hydroxylation sites is 1.